The first-order valence-electron chi connectivity index (χ1n) is 9.61. The summed E-state index contributed by atoms with van der Waals surface area (Å²) in [7, 11) is 0. The van der Waals surface area contributed by atoms with Crippen LogP contribution in [0, 0.1) is 0 Å². The van der Waals surface area contributed by atoms with Gasteiger partial charge in [-0.3, -0.25) is 19.7 Å². The summed E-state index contributed by atoms with van der Waals surface area (Å²) in [6, 6.07) is 12.7. The van der Waals surface area contributed by atoms with E-state index in [1.807, 2.05) is 18.2 Å². The zero-order valence-electron chi connectivity index (χ0n) is 15.7. The second-order valence-corrected chi connectivity index (χ2v) is 7.34. The molecule has 1 fully saturated rings. The average molecular weight is 371 g/mol. The molecular formula is C22H21N5O. The van der Waals surface area contributed by atoms with Crippen LogP contribution in [0.5, 0.6) is 0 Å². The molecule has 0 N–H and O–H groups in total. The molecule has 0 saturated carbocycles. The largest absolute Gasteiger partial charge is 0.369 e. The molecule has 1 aromatic heterocycles. The van der Waals surface area contributed by atoms with Crippen molar-refractivity contribution < 1.29 is 4.79 Å². The number of aliphatic imine (C=N–C) groups is 1. The number of amides is 1. The predicted molar refractivity (Wildman–Crippen MR) is 110 cm³/mol. The summed E-state index contributed by atoms with van der Waals surface area (Å²) < 4.78 is 0. The van der Waals surface area contributed by atoms with Crippen LogP contribution in [0.15, 0.2) is 53.8 Å². The number of hydrogen-bond acceptors (Lipinski definition) is 5. The number of fused-ring (bicyclic) bond motifs is 2. The maximum Gasteiger partial charge on any atom is 0.277 e. The van der Waals surface area contributed by atoms with Crippen molar-refractivity contribution in [2.24, 2.45) is 4.99 Å². The first kappa shape index (κ1) is 17.0. The van der Waals surface area contributed by atoms with Gasteiger partial charge in [0.15, 0.2) is 0 Å². The number of benzene rings is 2. The van der Waals surface area contributed by atoms with Crippen LogP contribution >= 0.6 is 0 Å². The van der Waals surface area contributed by atoms with Gasteiger partial charge < -0.3 is 4.90 Å². The second kappa shape index (κ2) is 6.80. The third kappa shape index (κ3) is 2.96. The fraction of sp³-hybridized carbons (Fsp3) is 0.273. The lowest BCUT2D eigenvalue weighted by Gasteiger charge is -2.39. The van der Waals surface area contributed by atoms with Crippen molar-refractivity contribution in [1.29, 1.82) is 0 Å². The Balaban J connectivity index is 1.29. The number of carbonyl (C=O) groups is 1. The van der Waals surface area contributed by atoms with Gasteiger partial charge in [-0.1, -0.05) is 12.1 Å². The number of carbonyl (C=O) groups excluding carboxylic acids is 1. The molecule has 2 aromatic carbocycles. The molecule has 1 atom stereocenters. The highest BCUT2D eigenvalue weighted by Gasteiger charge is 2.24. The minimum atomic E-state index is -0.136. The van der Waals surface area contributed by atoms with Gasteiger partial charge in [-0.05, 0) is 36.8 Å². The van der Waals surface area contributed by atoms with Crippen molar-refractivity contribution >= 4 is 28.8 Å². The molecular weight excluding hydrogens is 350 g/mol. The topological polar surface area (TPSA) is 61.7 Å². The third-order valence-electron chi connectivity index (χ3n) is 5.79. The molecule has 5 rings (SSSR count). The van der Waals surface area contributed by atoms with E-state index in [2.05, 4.69) is 49.9 Å². The van der Waals surface area contributed by atoms with Crippen molar-refractivity contribution in [3.63, 3.8) is 0 Å². The number of hydrogen-bond donors (Lipinski definition) is 0. The summed E-state index contributed by atoms with van der Waals surface area (Å²) >= 11 is 0. The van der Waals surface area contributed by atoms with Crippen LogP contribution in [0.3, 0.4) is 0 Å². The number of aromatic nitrogens is 2. The molecule has 28 heavy (non-hydrogen) atoms. The molecule has 0 radical (unpaired) electrons. The van der Waals surface area contributed by atoms with E-state index in [-0.39, 0.29) is 5.91 Å². The van der Waals surface area contributed by atoms with E-state index in [9.17, 15) is 4.79 Å². The van der Waals surface area contributed by atoms with Gasteiger partial charge in [0.25, 0.3) is 5.91 Å². The van der Waals surface area contributed by atoms with E-state index in [1.165, 1.54) is 5.56 Å². The summed E-state index contributed by atoms with van der Waals surface area (Å²) in [6.07, 6.45) is 5.11. The Kier molecular flexibility index (Phi) is 4.13. The van der Waals surface area contributed by atoms with E-state index in [1.54, 1.807) is 18.6 Å². The highest BCUT2D eigenvalue weighted by molar-refractivity contribution is 6.13. The highest BCUT2D eigenvalue weighted by Crippen LogP contribution is 2.27. The lowest BCUT2D eigenvalue weighted by molar-refractivity contribution is 0.101. The van der Waals surface area contributed by atoms with Crippen LogP contribution < -0.4 is 4.90 Å². The summed E-state index contributed by atoms with van der Waals surface area (Å²) in [5, 5.41) is 0. The Labute approximate surface area is 163 Å². The van der Waals surface area contributed by atoms with Crippen molar-refractivity contribution in [2.45, 2.75) is 13.0 Å². The lowest BCUT2D eigenvalue weighted by Crippen LogP contribution is -2.47. The molecule has 140 valence electrons. The maximum atomic E-state index is 11.9. The molecule has 6 heteroatoms. The van der Waals surface area contributed by atoms with Crippen LogP contribution in [0.25, 0.3) is 11.0 Å². The van der Waals surface area contributed by atoms with E-state index in [4.69, 9.17) is 0 Å². The first-order valence-corrected chi connectivity index (χ1v) is 9.61. The van der Waals surface area contributed by atoms with Gasteiger partial charge in [0, 0.05) is 62.1 Å². The first-order chi connectivity index (χ1) is 13.7. The van der Waals surface area contributed by atoms with Crippen LogP contribution in [0.1, 0.15) is 34.5 Å². The Morgan fingerprint density at radius 2 is 1.71 bits per heavy atom. The van der Waals surface area contributed by atoms with Gasteiger partial charge in [-0.2, -0.15) is 0 Å². The van der Waals surface area contributed by atoms with Crippen LogP contribution in [0.4, 0.5) is 5.69 Å². The molecule has 2 aliphatic rings. The number of anilines is 1. The predicted octanol–water partition coefficient (Wildman–Crippen LogP) is 3.09. The van der Waals surface area contributed by atoms with Crippen LogP contribution in [-0.4, -0.2) is 53.2 Å². The zero-order chi connectivity index (χ0) is 19.1. The van der Waals surface area contributed by atoms with E-state index in [0.29, 0.717) is 11.6 Å². The Morgan fingerprint density at radius 3 is 2.54 bits per heavy atom. The van der Waals surface area contributed by atoms with Gasteiger partial charge in [-0.15, -0.1) is 0 Å². The fourth-order valence-electron chi connectivity index (χ4n) is 4.05. The fourth-order valence-corrected chi connectivity index (χ4v) is 4.05. The molecule has 6 nitrogen and oxygen atoms in total. The van der Waals surface area contributed by atoms with Gasteiger partial charge in [0.2, 0.25) is 0 Å². The molecule has 0 spiro atoms. The van der Waals surface area contributed by atoms with Crippen LogP contribution in [-0.2, 0) is 0 Å². The second-order valence-electron chi connectivity index (χ2n) is 7.34. The monoisotopic (exact) mass is 371 g/mol. The Hall–Kier alpha value is -3.12. The lowest BCUT2D eigenvalue weighted by atomic mass is 10.0. The van der Waals surface area contributed by atoms with Crippen molar-refractivity contribution in [3.8, 4) is 0 Å². The van der Waals surface area contributed by atoms with Gasteiger partial charge in [0.1, 0.15) is 0 Å². The standard InChI is InChI=1S/C22H21N5O/c1-15(16-3-5-20-21(12-16)24-7-6-23-20)26-8-10-27(11-9-26)18-4-2-17-14-25-22(28)19(17)13-18/h2-7,12-15H,8-11H2,1H3. The van der Waals surface area contributed by atoms with Gasteiger partial charge in [-0.25, -0.2) is 4.99 Å². The van der Waals surface area contributed by atoms with E-state index in [0.717, 1.165) is 48.5 Å². The van der Waals surface area contributed by atoms with Crippen molar-refractivity contribution in [2.75, 3.05) is 31.1 Å². The zero-order valence-corrected chi connectivity index (χ0v) is 15.7. The normalized spacial score (nSPS) is 17.9. The molecule has 1 saturated heterocycles. The molecule has 0 aliphatic carbocycles. The molecule has 3 aromatic rings. The smallest absolute Gasteiger partial charge is 0.277 e. The summed E-state index contributed by atoms with van der Waals surface area (Å²) in [6.45, 7) is 6.07. The van der Waals surface area contributed by atoms with E-state index < -0.39 is 0 Å². The molecule has 1 unspecified atom stereocenters. The van der Waals surface area contributed by atoms with E-state index >= 15 is 0 Å². The van der Waals surface area contributed by atoms with Gasteiger partial charge in [0.05, 0.1) is 16.6 Å². The average Bonchev–Trinajstić information content (AvgIpc) is 3.13. The summed E-state index contributed by atoms with van der Waals surface area (Å²) in [4.78, 5) is 29.4. The van der Waals surface area contributed by atoms with Crippen molar-refractivity contribution in [1.82, 2.24) is 14.9 Å². The Morgan fingerprint density at radius 1 is 0.929 bits per heavy atom. The number of nitrogens with zero attached hydrogens (tertiary/aromatic N) is 5. The molecule has 3 heterocycles. The quantitative estimate of drug-likeness (QED) is 0.708. The maximum absolute atomic E-state index is 11.9. The van der Waals surface area contributed by atoms with Crippen molar-refractivity contribution in [3.05, 3.63) is 65.5 Å². The highest BCUT2D eigenvalue weighted by atomic mass is 16.1. The third-order valence-corrected chi connectivity index (χ3v) is 5.79. The minimum absolute atomic E-state index is 0.136. The summed E-state index contributed by atoms with van der Waals surface area (Å²) in [5.74, 6) is -0.136. The minimum Gasteiger partial charge on any atom is -0.369 e. The Bertz CT molecular complexity index is 1090. The molecule has 1 amide bonds. The van der Waals surface area contributed by atoms with Crippen LogP contribution in [0.2, 0.25) is 0 Å². The number of rotatable bonds is 3. The summed E-state index contributed by atoms with van der Waals surface area (Å²) in [5.41, 5.74) is 5.87. The molecule has 0 bridgehead atoms. The SMILES string of the molecule is CC(c1ccc2nccnc2c1)N1CCN(c2ccc3c(c2)C(=O)N=C3)CC1. The number of piperazine rings is 1. The molecule has 2 aliphatic heterocycles. The van der Waals surface area contributed by atoms with Gasteiger partial charge >= 0.3 is 0 Å².